The molecule has 5 nitrogen and oxygen atoms in total. The maximum Gasteiger partial charge on any atom is 0.236 e. The molecule has 1 atom stereocenters. The Labute approximate surface area is 113 Å². The second kappa shape index (κ2) is 6.22. The van der Waals surface area contributed by atoms with Crippen molar-refractivity contribution in [2.24, 2.45) is 16.3 Å². The predicted molar refractivity (Wildman–Crippen MR) is 74.7 cm³/mol. The topological polar surface area (TPSA) is 78.9 Å². The zero-order valence-corrected chi connectivity index (χ0v) is 11.6. The molecule has 104 valence electrons. The third-order valence-corrected chi connectivity index (χ3v) is 3.46. The van der Waals surface area contributed by atoms with Crippen LogP contribution in [0.4, 0.5) is 0 Å². The largest absolute Gasteiger partial charge is 0.409 e. The standard InChI is InChI=1S/C14H21N3O2/c1-4-14(2,12(15)16-19)13(18)17(3)10-11-8-6-5-7-9-11/h5-9,19H,4,10H2,1-3H3,(H2,15,16). The van der Waals surface area contributed by atoms with Crippen LogP contribution in [-0.2, 0) is 11.3 Å². The van der Waals surface area contributed by atoms with Gasteiger partial charge in [-0.2, -0.15) is 0 Å². The fourth-order valence-corrected chi connectivity index (χ4v) is 1.90. The molecule has 1 aromatic rings. The smallest absolute Gasteiger partial charge is 0.236 e. The maximum atomic E-state index is 12.5. The summed E-state index contributed by atoms with van der Waals surface area (Å²) in [6.45, 7) is 4.02. The molecule has 0 spiro atoms. The summed E-state index contributed by atoms with van der Waals surface area (Å²) in [7, 11) is 1.72. The van der Waals surface area contributed by atoms with Gasteiger partial charge in [0.2, 0.25) is 5.91 Å². The molecule has 0 saturated heterocycles. The molecule has 3 N–H and O–H groups in total. The van der Waals surface area contributed by atoms with Crippen LogP contribution in [0.3, 0.4) is 0 Å². The van der Waals surface area contributed by atoms with Crippen molar-refractivity contribution in [3.05, 3.63) is 35.9 Å². The summed E-state index contributed by atoms with van der Waals surface area (Å²) >= 11 is 0. The van der Waals surface area contributed by atoms with Crippen molar-refractivity contribution in [2.75, 3.05) is 7.05 Å². The average Bonchev–Trinajstić information content (AvgIpc) is 2.45. The molecule has 1 unspecified atom stereocenters. The fraction of sp³-hybridized carbons (Fsp3) is 0.429. The highest BCUT2D eigenvalue weighted by Gasteiger charge is 2.38. The Hall–Kier alpha value is -2.04. The van der Waals surface area contributed by atoms with Gasteiger partial charge in [0.1, 0.15) is 5.41 Å². The van der Waals surface area contributed by atoms with Gasteiger partial charge in [-0.05, 0) is 18.9 Å². The van der Waals surface area contributed by atoms with Crippen LogP contribution >= 0.6 is 0 Å². The Bertz CT molecular complexity index is 459. The van der Waals surface area contributed by atoms with E-state index in [2.05, 4.69) is 5.16 Å². The van der Waals surface area contributed by atoms with Crippen molar-refractivity contribution in [1.82, 2.24) is 4.90 Å². The summed E-state index contributed by atoms with van der Waals surface area (Å²) < 4.78 is 0. The summed E-state index contributed by atoms with van der Waals surface area (Å²) in [6.07, 6.45) is 0.473. The zero-order valence-electron chi connectivity index (χ0n) is 11.6. The summed E-state index contributed by atoms with van der Waals surface area (Å²) in [5.41, 5.74) is 5.71. The normalized spacial score (nSPS) is 14.8. The lowest BCUT2D eigenvalue weighted by Crippen LogP contribution is -2.47. The van der Waals surface area contributed by atoms with Gasteiger partial charge in [-0.1, -0.05) is 42.4 Å². The first kappa shape index (κ1) is 15.0. The molecule has 1 aromatic carbocycles. The Morgan fingerprint density at radius 3 is 2.47 bits per heavy atom. The molecule has 0 bridgehead atoms. The number of carbonyl (C=O) groups excluding carboxylic acids is 1. The number of nitrogens with two attached hydrogens (primary N) is 1. The molecule has 0 aliphatic rings. The monoisotopic (exact) mass is 263 g/mol. The second-order valence-electron chi connectivity index (χ2n) is 4.82. The zero-order chi connectivity index (χ0) is 14.5. The number of rotatable bonds is 5. The fourth-order valence-electron chi connectivity index (χ4n) is 1.90. The van der Waals surface area contributed by atoms with Crippen LogP contribution in [0.2, 0.25) is 0 Å². The molecule has 0 aliphatic carbocycles. The van der Waals surface area contributed by atoms with E-state index < -0.39 is 5.41 Å². The molecular formula is C14H21N3O2. The lowest BCUT2D eigenvalue weighted by Gasteiger charge is -2.30. The minimum absolute atomic E-state index is 0.0556. The molecule has 0 aromatic heterocycles. The first-order chi connectivity index (χ1) is 8.95. The summed E-state index contributed by atoms with van der Waals surface area (Å²) in [5, 5.41) is 11.8. The number of nitrogens with zero attached hydrogens (tertiary/aromatic N) is 2. The number of hydrogen-bond donors (Lipinski definition) is 2. The number of amides is 1. The van der Waals surface area contributed by atoms with Crippen molar-refractivity contribution in [2.45, 2.75) is 26.8 Å². The molecule has 0 heterocycles. The molecule has 0 fully saturated rings. The lowest BCUT2D eigenvalue weighted by atomic mass is 9.84. The van der Waals surface area contributed by atoms with Gasteiger partial charge in [0.15, 0.2) is 5.84 Å². The van der Waals surface area contributed by atoms with E-state index in [1.165, 1.54) is 0 Å². The van der Waals surface area contributed by atoms with Gasteiger partial charge in [0.25, 0.3) is 0 Å². The van der Waals surface area contributed by atoms with Crippen LogP contribution in [0, 0.1) is 5.41 Å². The summed E-state index contributed by atoms with van der Waals surface area (Å²) in [5.74, 6) is -0.214. The minimum atomic E-state index is -0.974. The molecule has 1 amide bonds. The summed E-state index contributed by atoms with van der Waals surface area (Å²) in [4.78, 5) is 14.0. The van der Waals surface area contributed by atoms with Crippen LogP contribution < -0.4 is 5.73 Å². The highest BCUT2D eigenvalue weighted by atomic mass is 16.4. The Morgan fingerprint density at radius 1 is 1.42 bits per heavy atom. The van der Waals surface area contributed by atoms with Crippen LogP contribution in [0.5, 0.6) is 0 Å². The highest BCUT2D eigenvalue weighted by Crippen LogP contribution is 2.24. The van der Waals surface area contributed by atoms with Crippen LogP contribution in [-0.4, -0.2) is 28.9 Å². The average molecular weight is 263 g/mol. The van der Waals surface area contributed by atoms with Crippen LogP contribution in [0.1, 0.15) is 25.8 Å². The first-order valence-electron chi connectivity index (χ1n) is 6.23. The van der Waals surface area contributed by atoms with Gasteiger partial charge < -0.3 is 15.8 Å². The van der Waals surface area contributed by atoms with E-state index in [1.807, 2.05) is 37.3 Å². The lowest BCUT2D eigenvalue weighted by molar-refractivity contribution is -0.137. The van der Waals surface area contributed by atoms with Crippen molar-refractivity contribution < 1.29 is 10.0 Å². The van der Waals surface area contributed by atoms with Gasteiger partial charge in [-0.3, -0.25) is 4.79 Å². The quantitative estimate of drug-likeness (QED) is 0.368. The predicted octanol–water partition coefficient (Wildman–Crippen LogP) is 1.81. The van der Waals surface area contributed by atoms with E-state index in [1.54, 1.807) is 18.9 Å². The highest BCUT2D eigenvalue weighted by molar-refractivity contribution is 6.06. The molecular weight excluding hydrogens is 242 g/mol. The van der Waals surface area contributed by atoms with Gasteiger partial charge in [-0.15, -0.1) is 0 Å². The minimum Gasteiger partial charge on any atom is -0.409 e. The molecule has 5 heteroatoms. The van der Waals surface area contributed by atoms with E-state index in [4.69, 9.17) is 10.9 Å². The van der Waals surface area contributed by atoms with Gasteiger partial charge >= 0.3 is 0 Å². The van der Waals surface area contributed by atoms with E-state index in [0.29, 0.717) is 13.0 Å². The molecule has 19 heavy (non-hydrogen) atoms. The number of benzene rings is 1. The van der Waals surface area contributed by atoms with Gasteiger partial charge in [-0.25, -0.2) is 0 Å². The van der Waals surface area contributed by atoms with Gasteiger partial charge in [0, 0.05) is 13.6 Å². The first-order valence-corrected chi connectivity index (χ1v) is 6.23. The third kappa shape index (κ3) is 3.24. The Kier molecular flexibility index (Phi) is 4.92. The van der Waals surface area contributed by atoms with Crippen molar-refractivity contribution in [1.29, 1.82) is 0 Å². The molecule has 0 saturated carbocycles. The third-order valence-electron chi connectivity index (χ3n) is 3.46. The van der Waals surface area contributed by atoms with E-state index in [9.17, 15) is 4.79 Å². The van der Waals surface area contributed by atoms with Crippen molar-refractivity contribution in [3.63, 3.8) is 0 Å². The SMILES string of the molecule is CCC(C)(C(=O)N(C)Cc1ccccc1)/C(N)=N/O. The van der Waals surface area contributed by atoms with Crippen molar-refractivity contribution in [3.8, 4) is 0 Å². The Morgan fingerprint density at radius 2 is 2.00 bits per heavy atom. The number of hydrogen-bond acceptors (Lipinski definition) is 3. The maximum absolute atomic E-state index is 12.5. The number of oxime groups is 1. The number of amidine groups is 1. The molecule has 0 radical (unpaired) electrons. The Balaban J connectivity index is 2.87. The van der Waals surface area contributed by atoms with Crippen molar-refractivity contribution >= 4 is 11.7 Å². The number of carbonyl (C=O) groups is 1. The van der Waals surface area contributed by atoms with Crippen LogP contribution in [0.15, 0.2) is 35.5 Å². The second-order valence-corrected chi connectivity index (χ2v) is 4.82. The van der Waals surface area contributed by atoms with E-state index >= 15 is 0 Å². The molecule has 1 rings (SSSR count). The molecule has 0 aliphatic heterocycles. The van der Waals surface area contributed by atoms with E-state index in [-0.39, 0.29) is 11.7 Å². The summed E-state index contributed by atoms with van der Waals surface area (Å²) in [6, 6.07) is 9.69. The van der Waals surface area contributed by atoms with E-state index in [0.717, 1.165) is 5.56 Å². The van der Waals surface area contributed by atoms with Gasteiger partial charge in [0.05, 0.1) is 0 Å². The van der Waals surface area contributed by atoms with Crippen LogP contribution in [0.25, 0.3) is 0 Å².